The van der Waals surface area contributed by atoms with Gasteiger partial charge in [0.1, 0.15) is 0 Å². The number of nitrogens with two attached hydrogens (primary N) is 1. The molecular weight excluding hydrogens is 214 g/mol. The SMILES string of the molecule is Cn1nccc1CCC1(N)CCOC1C1CC1. The molecule has 0 aromatic carbocycles. The van der Waals surface area contributed by atoms with Gasteiger partial charge in [-0.15, -0.1) is 0 Å². The smallest absolute Gasteiger partial charge is 0.0783 e. The van der Waals surface area contributed by atoms with E-state index < -0.39 is 0 Å². The van der Waals surface area contributed by atoms with Gasteiger partial charge in [-0.1, -0.05) is 0 Å². The highest BCUT2D eigenvalue weighted by atomic mass is 16.5. The molecule has 0 radical (unpaired) electrons. The van der Waals surface area contributed by atoms with Gasteiger partial charge in [0, 0.05) is 31.1 Å². The zero-order valence-electron chi connectivity index (χ0n) is 10.4. The lowest BCUT2D eigenvalue weighted by molar-refractivity contribution is 0.0601. The highest BCUT2D eigenvalue weighted by Gasteiger charge is 2.48. The van der Waals surface area contributed by atoms with Crippen LogP contribution in [0.2, 0.25) is 0 Å². The zero-order valence-corrected chi connectivity index (χ0v) is 10.4. The van der Waals surface area contributed by atoms with Gasteiger partial charge in [-0.3, -0.25) is 4.68 Å². The molecule has 2 fully saturated rings. The normalized spacial score (nSPS) is 33.2. The highest BCUT2D eigenvalue weighted by Crippen LogP contribution is 2.43. The molecule has 1 saturated carbocycles. The molecule has 1 aromatic heterocycles. The fourth-order valence-corrected chi connectivity index (χ4v) is 2.96. The van der Waals surface area contributed by atoms with Gasteiger partial charge in [0.2, 0.25) is 0 Å². The first-order valence-corrected chi connectivity index (χ1v) is 6.56. The topological polar surface area (TPSA) is 53.1 Å². The number of aromatic nitrogens is 2. The molecule has 94 valence electrons. The van der Waals surface area contributed by atoms with E-state index in [1.807, 2.05) is 17.9 Å². The number of nitrogens with zero attached hydrogens (tertiary/aromatic N) is 2. The minimum absolute atomic E-state index is 0.106. The number of rotatable bonds is 4. The Morgan fingerprint density at radius 3 is 3.06 bits per heavy atom. The predicted octanol–water partition coefficient (Wildman–Crippen LogP) is 1.25. The van der Waals surface area contributed by atoms with Crippen LogP contribution in [0.15, 0.2) is 12.3 Å². The van der Waals surface area contributed by atoms with Crippen molar-refractivity contribution in [3.05, 3.63) is 18.0 Å². The summed E-state index contributed by atoms with van der Waals surface area (Å²) < 4.78 is 7.78. The lowest BCUT2D eigenvalue weighted by Crippen LogP contribution is -2.48. The standard InChI is InChI=1S/C13H21N3O/c1-16-11(5-8-15-16)4-6-13(14)7-9-17-12(13)10-2-3-10/h5,8,10,12H,2-4,6-7,9,14H2,1H3. The van der Waals surface area contributed by atoms with Crippen molar-refractivity contribution in [2.75, 3.05) is 6.61 Å². The minimum Gasteiger partial charge on any atom is -0.376 e. The molecule has 1 saturated heterocycles. The Morgan fingerprint density at radius 1 is 1.59 bits per heavy atom. The van der Waals surface area contributed by atoms with Gasteiger partial charge in [0.05, 0.1) is 6.10 Å². The summed E-state index contributed by atoms with van der Waals surface area (Å²) in [6.45, 7) is 0.836. The molecule has 2 atom stereocenters. The van der Waals surface area contributed by atoms with Crippen molar-refractivity contribution in [2.45, 2.75) is 43.7 Å². The number of hydrogen-bond donors (Lipinski definition) is 1. The molecule has 2 unspecified atom stereocenters. The van der Waals surface area contributed by atoms with Crippen LogP contribution in [0.25, 0.3) is 0 Å². The van der Waals surface area contributed by atoms with Crippen LogP contribution in [-0.4, -0.2) is 28.0 Å². The molecular formula is C13H21N3O. The summed E-state index contributed by atoms with van der Waals surface area (Å²) >= 11 is 0. The molecule has 1 aliphatic carbocycles. The zero-order chi connectivity index (χ0) is 11.9. The Labute approximate surface area is 102 Å². The van der Waals surface area contributed by atoms with Crippen molar-refractivity contribution >= 4 is 0 Å². The van der Waals surface area contributed by atoms with Crippen LogP contribution in [0.1, 0.15) is 31.4 Å². The van der Waals surface area contributed by atoms with E-state index in [2.05, 4.69) is 11.2 Å². The summed E-state index contributed by atoms with van der Waals surface area (Å²) in [7, 11) is 1.99. The van der Waals surface area contributed by atoms with Crippen molar-refractivity contribution in [1.29, 1.82) is 0 Å². The van der Waals surface area contributed by atoms with E-state index in [1.165, 1.54) is 18.5 Å². The van der Waals surface area contributed by atoms with Crippen LogP contribution in [-0.2, 0) is 18.2 Å². The lowest BCUT2D eigenvalue weighted by Gasteiger charge is -2.30. The van der Waals surface area contributed by atoms with Crippen LogP contribution < -0.4 is 5.73 Å². The Balaban J connectivity index is 1.65. The molecule has 1 aromatic rings. The fraction of sp³-hybridized carbons (Fsp3) is 0.769. The van der Waals surface area contributed by atoms with Crippen LogP contribution in [0.3, 0.4) is 0 Å². The van der Waals surface area contributed by atoms with Crippen LogP contribution >= 0.6 is 0 Å². The molecule has 0 amide bonds. The third-order valence-electron chi connectivity index (χ3n) is 4.25. The first-order valence-electron chi connectivity index (χ1n) is 6.56. The average molecular weight is 235 g/mol. The average Bonchev–Trinajstić information content (AvgIpc) is 2.95. The number of aryl methyl sites for hydroxylation is 2. The second-order valence-corrected chi connectivity index (χ2v) is 5.56. The van der Waals surface area contributed by atoms with E-state index in [0.717, 1.165) is 31.8 Å². The van der Waals surface area contributed by atoms with E-state index >= 15 is 0 Å². The molecule has 2 aliphatic rings. The quantitative estimate of drug-likeness (QED) is 0.854. The molecule has 0 spiro atoms. The molecule has 2 N–H and O–H groups in total. The summed E-state index contributed by atoms with van der Waals surface area (Å²) in [5.41, 5.74) is 7.71. The van der Waals surface area contributed by atoms with Gasteiger partial charge in [-0.2, -0.15) is 5.10 Å². The number of ether oxygens (including phenoxy) is 1. The van der Waals surface area contributed by atoms with Gasteiger partial charge < -0.3 is 10.5 Å². The van der Waals surface area contributed by atoms with Crippen molar-refractivity contribution in [3.63, 3.8) is 0 Å². The third-order valence-corrected chi connectivity index (χ3v) is 4.25. The Bertz CT molecular complexity index is 399. The van der Waals surface area contributed by atoms with E-state index in [4.69, 9.17) is 10.5 Å². The van der Waals surface area contributed by atoms with Crippen LogP contribution in [0, 0.1) is 5.92 Å². The Kier molecular flexibility index (Phi) is 2.71. The maximum atomic E-state index is 6.56. The van der Waals surface area contributed by atoms with Crippen molar-refractivity contribution in [3.8, 4) is 0 Å². The van der Waals surface area contributed by atoms with E-state index in [1.54, 1.807) is 0 Å². The summed E-state index contributed by atoms with van der Waals surface area (Å²) in [5.74, 6) is 0.731. The Hall–Kier alpha value is -0.870. The van der Waals surface area contributed by atoms with Crippen molar-refractivity contribution < 1.29 is 4.74 Å². The fourth-order valence-electron chi connectivity index (χ4n) is 2.96. The molecule has 1 aliphatic heterocycles. The van der Waals surface area contributed by atoms with Gasteiger partial charge in [0.25, 0.3) is 0 Å². The monoisotopic (exact) mass is 235 g/mol. The van der Waals surface area contributed by atoms with Gasteiger partial charge in [-0.25, -0.2) is 0 Å². The van der Waals surface area contributed by atoms with Crippen molar-refractivity contribution in [1.82, 2.24) is 9.78 Å². The molecule has 2 heterocycles. The molecule has 4 nitrogen and oxygen atoms in total. The molecule has 3 rings (SSSR count). The lowest BCUT2D eigenvalue weighted by atomic mass is 9.84. The van der Waals surface area contributed by atoms with Gasteiger partial charge in [-0.05, 0) is 44.1 Å². The molecule has 0 bridgehead atoms. The van der Waals surface area contributed by atoms with Crippen LogP contribution in [0.4, 0.5) is 0 Å². The molecule has 4 heteroatoms. The minimum atomic E-state index is -0.106. The summed E-state index contributed by atoms with van der Waals surface area (Å²) in [6.07, 6.45) is 7.77. The van der Waals surface area contributed by atoms with E-state index in [-0.39, 0.29) is 5.54 Å². The predicted molar refractivity (Wildman–Crippen MR) is 65.5 cm³/mol. The number of hydrogen-bond acceptors (Lipinski definition) is 3. The maximum absolute atomic E-state index is 6.56. The summed E-state index contributed by atoms with van der Waals surface area (Å²) in [6, 6.07) is 2.07. The molecule has 17 heavy (non-hydrogen) atoms. The second kappa shape index (κ2) is 4.10. The maximum Gasteiger partial charge on any atom is 0.0783 e. The summed E-state index contributed by atoms with van der Waals surface area (Å²) in [5, 5.41) is 4.20. The van der Waals surface area contributed by atoms with Crippen LogP contribution in [0.5, 0.6) is 0 Å². The van der Waals surface area contributed by atoms with E-state index in [0.29, 0.717) is 6.10 Å². The third kappa shape index (κ3) is 2.11. The van der Waals surface area contributed by atoms with Gasteiger partial charge >= 0.3 is 0 Å². The second-order valence-electron chi connectivity index (χ2n) is 5.56. The first-order chi connectivity index (χ1) is 8.19. The summed E-state index contributed by atoms with van der Waals surface area (Å²) in [4.78, 5) is 0. The Morgan fingerprint density at radius 2 is 2.41 bits per heavy atom. The van der Waals surface area contributed by atoms with E-state index in [9.17, 15) is 0 Å². The first kappa shape index (κ1) is 11.2. The van der Waals surface area contributed by atoms with Crippen molar-refractivity contribution in [2.24, 2.45) is 18.7 Å². The highest BCUT2D eigenvalue weighted by molar-refractivity contribution is 5.07. The largest absolute Gasteiger partial charge is 0.376 e. The van der Waals surface area contributed by atoms with Gasteiger partial charge in [0.15, 0.2) is 0 Å².